The number of anilines is 1. The van der Waals surface area contributed by atoms with Crippen LogP contribution in [0.5, 0.6) is 0 Å². The smallest absolute Gasteiger partial charge is 0.321 e. The molecular formula is C10H10BrN3O. The second-order valence-corrected chi connectivity index (χ2v) is 3.98. The van der Waals surface area contributed by atoms with Crippen molar-refractivity contribution < 1.29 is 4.52 Å². The molecule has 0 atom stereocenters. The molecule has 5 heteroatoms. The standard InChI is InChI=1S/C10H10BrN3O/c1-12-10-13-9(14-15-10)6-7-2-4-8(11)5-3-7/h2-5H,6H2,1H3,(H,12,13,14). The van der Waals surface area contributed by atoms with Gasteiger partial charge < -0.3 is 9.84 Å². The molecule has 4 nitrogen and oxygen atoms in total. The molecule has 0 saturated heterocycles. The Balaban J connectivity index is 2.11. The van der Waals surface area contributed by atoms with Gasteiger partial charge in [0.25, 0.3) is 0 Å². The number of benzene rings is 1. The maximum Gasteiger partial charge on any atom is 0.321 e. The van der Waals surface area contributed by atoms with Crippen LogP contribution >= 0.6 is 15.9 Å². The molecule has 0 spiro atoms. The van der Waals surface area contributed by atoms with Crippen molar-refractivity contribution in [3.05, 3.63) is 40.1 Å². The van der Waals surface area contributed by atoms with Crippen LogP contribution in [0, 0.1) is 0 Å². The van der Waals surface area contributed by atoms with Crippen molar-refractivity contribution in [2.75, 3.05) is 12.4 Å². The van der Waals surface area contributed by atoms with E-state index < -0.39 is 0 Å². The predicted octanol–water partition coefficient (Wildman–Crippen LogP) is 2.46. The molecule has 2 rings (SSSR count). The Kier molecular flexibility index (Phi) is 3.01. The van der Waals surface area contributed by atoms with Crippen LogP contribution in [0.4, 0.5) is 6.01 Å². The van der Waals surface area contributed by atoms with Gasteiger partial charge in [0, 0.05) is 17.9 Å². The highest BCUT2D eigenvalue weighted by atomic mass is 79.9. The fourth-order valence-corrected chi connectivity index (χ4v) is 1.48. The van der Waals surface area contributed by atoms with E-state index in [1.165, 1.54) is 0 Å². The van der Waals surface area contributed by atoms with E-state index >= 15 is 0 Å². The Hall–Kier alpha value is -1.36. The van der Waals surface area contributed by atoms with E-state index in [-0.39, 0.29) is 0 Å². The second-order valence-electron chi connectivity index (χ2n) is 3.07. The second kappa shape index (κ2) is 4.44. The molecule has 0 radical (unpaired) electrons. The summed E-state index contributed by atoms with van der Waals surface area (Å²) < 4.78 is 5.99. The minimum absolute atomic E-state index is 0.446. The van der Waals surface area contributed by atoms with Gasteiger partial charge in [0.1, 0.15) is 0 Å². The van der Waals surface area contributed by atoms with E-state index in [9.17, 15) is 0 Å². The van der Waals surface area contributed by atoms with Gasteiger partial charge in [-0.25, -0.2) is 0 Å². The molecule has 2 aromatic rings. The zero-order valence-electron chi connectivity index (χ0n) is 8.20. The van der Waals surface area contributed by atoms with Crippen LogP contribution in [0.25, 0.3) is 0 Å². The quantitative estimate of drug-likeness (QED) is 0.929. The topological polar surface area (TPSA) is 51.0 Å². The molecule has 0 aliphatic heterocycles. The molecule has 0 aliphatic carbocycles. The monoisotopic (exact) mass is 267 g/mol. The summed E-state index contributed by atoms with van der Waals surface area (Å²) >= 11 is 3.39. The third kappa shape index (κ3) is 2.56. The number of nitrogens with zero attached hydrogens (tertiary/aromatic N) is 2. The number of nitrogens with one attached hydrogen (secondary N) is 1. The van der Waals surface area contributed by atoms with E-state index in [4.69, 9.17) is 4.52 Å². The predicted molar refractivity (Wildman–Crippen MR) is 60.8 cm³/mol. The van der Waals surface area contributed by atoms with Crippen LogP contribution < -0.4 is 5.32 Å². The van der Waals surface area contributed by atoms with Gasteiger partial charge in [-0.05, 0) is 17.7 Å². The van der Waals surface area contributed by atoms with E-state index in [0.29, 0.717) is 18.3 Å². The van der Waals surface area contributed by atoms with E-state index in [0.717, 1.165) is 10.0 Å². The fourth-order valence-electron chi connectivity index (χ4n) is 1.21. The maximum absolute atomic E-state index is 4.93. The molecule has 1 N–H and O–H groups in total. The van der Waals surface area contributed by atoms with Crippen molar-refractivity contribution in [2.45, 2.75) is 6.42 Å². The minimum Gasteiger partial charge on any atom is -0.341 e. The molecule has 0 amide bonds. The van der Waals surface area contributed by atoms with Gasteiger partial charge in [-0.3, -0.25) is 0 Å². The first-order chi connectivity index (χ1) is 7.28. The highest BCUT2D eigenvalue weighted by Gasteiger charge is 2.04. The van der Waals surface area contributed by atoms with Crippen LogP contribution in [0.15, 0.2) is 33.3 Å². The van der Waals surface area contributed by atoms with Crippen molar-refractivity contribution >= 4 is 21.9 Å². The summed E-state index contributed by atoms with van der Waals surface area (Å²) in [6.45, 7) is 0. The summed E-state index contributed by atoms with van der Waals surface area (Å²) in [6, 6.07) is 8.49. The van der Waals surface area contributed by atoms with Crippen molar-refractivity contribution in [1.29, 1.82) is 0 Å². The summed E-state index contributed by atoms with van der Waals surface area (Å²) in [5.74, 6) is 0.682. The third-order valence-electron chi connectivity index (χ3n) is 1.96. The molecular weight excluding hydrogens is 258 g/mol. The van der Waals surface area contributed by atoms with Crippen molar-refractivity contribution in [2.24, 2.45) is 0 Å². The molecule has 0 bridgehead atoms. The molecule has 1 aromatic carbocycles. The molecule has 0 saturated carbocycles. The summed E-state index contributed by atoms with van der Waals surface area (Å²) in [5, 5.41) is 6.64. The van der Waals surface area contributed by atoms with E-state index in [1.807, 2.05) is 24.3 Å². The number of rotatable bonds is 3. The Morgan fingerprint density at radius 1 is 1.33 bits per heavy atom. The number of halogens is 1. The lowest BCUT2D eigenvalue weighted by Crippen LogP contribution is -1.91. The van der Waals surface area contributed by atoms with Gasteiger partial charge in [-0.15, -0.1) is 0 Å². The maximum atomic E-state index is 4.93. The first-order valence-electron chi connectivity index (χ1n) is 4.52. The van der Waals surface area contributed by atoms with Crippen LogP contribution in [0.2, 0.25) is 0 Å². The summed E-state index contributed by atoms with van der Waals surface area (Å²) in [7, 11) is 1.75. The average Bonchev–Trinajstić information content (AvgIpc) is 2.69. The Morgan fingerprint density at radius 3 is 2.67 bits per heavy atom. The minimum atomic E-state index is 0.446. The SMILES string of the molecule is CNc1nc(Cc2ccc(Br)cc2)no1. The first kappa shape index (κ1) is 10.2. The van der Waals surface area contributed by atoms with Gasteiger partial charge in [-0.1, -0.05) is 33.2 Å². The molecule has 0 unspecified atom stereocenters. The van der Waals surface area contributed by atoms with Crippen molar-refractivity contribution in [3.63, 3.8) is 0 Å². The first-order valence-corrected chi connectivity index (χ1v) is 5.32. The summed E-state index contributed by atoms with van der Waals surface area (Å²) in [4.78, 5) is 4.15. The number of hydrogen-bond acceptors (Lipinski definition) is 4. The van der Waals surface area contributed by atoms with Crippen LogP contribution in [0.1, 0.15) is 11.4 Å². The van der Waals surface area contributed by atoms with Gasteiger partial charge in [0.15, 0.2) is 5.82 Å². The largest absolute Gasteiger partial charge is 0.341 e. The Morgan fingerprint density at radius 2 is 2.07 bits per heavy atom. The normalized spacial score (nSPS) is 10.3. The van der Waals surface area contributed by atoms with Gasteiger partial charge in [0.05, 0.1) is 0 Å². The van der Waals surface area contributed by atoms with Gasteiger partial charge in [-0.2, -0.15) is 4.98 Å². The average molecular weight is 268 g/mol. The lowest BCUT2D eigenvalue weighted by molar-refractivity contribution is 0.425. The molecule has 1 heterocycles. The van der Waals surface area contributed by atoms with Crippen molar-refractivity contribution in [1.82, 2.24) is 10.1 Å². The fraction of sp³-hybridized carbons (Fsp3) is 0.200. The van der Waals surface area contributed by atoms with Gasteiger partial charge >= 0.3 is 6.01 Å². The van der Waals surface area contributed by atoms with Crippen LogP contribution in [-0.4, -0.2) is 17.2 Å². The summed E-state index contributed by atoms with van der Waals surface area (Å²) in [5.41, 5.74) is 1.15. The van der Waals surface area contributed by atoms with E-state index in [2.05, 4.69) is 31.4 Å². The highest BCUT2D eigenvalue weighted by Crippen LogP contribution is 2.13. The molecule has 0 aliphatic rings. The molecule has 78 valence electrons. The van der Waals surface area contributed by atoms with E-state index in [1.54, 1.807) is 7.05 Å². The highest BCUT2D eigenvalue weighted by molar-refractivity contribution is 9.10. The number of hydrogen-bond donors (Lipinski definition) is 1. The molecule has 15 heavy (non-hydrogen) atoms. The zero-order chi connectivity index (χ0) is 10.7. The molecule has 0 fully saturated rings. The lowest BCUT2D eigenvalue weighted by Gasteiger charge is -1.96. The summed E-state index contributed by atoms with van der Waals surface area (Å²) in [6.07, 6.45) is 0.679. The van der Waals surface area contributed by atoms with Crippen LogP contribution in [-0.2, 0) is 6.42 Å². The Labute approximate surface area is 95.8 Å². The van der Waals surface area contributed by atoms with Crippen LogP contribution in [0.3, 0.4) is 0 Å². The number of aromatic nitrogens is 2. The Bertz CT molecular complexity index is 438. The van der Waals surface area contributed by atoms with Gasteiger partial charge in [0.2, 0.25) is 0 Å². The molecule has 1 aromatic heterocycles. The lowest BCUT2D eigenvalue weighted by atomic mass is 10.1. The third-order valence-corrected chi connectivity index (χ3v) is 2.49. The van der Waals surface area contributed by atoms with Crippen molar-refractivity contribution in [3.8, 4) is 0 Å². The zero-order valence-corrected chi connectivity index (χ0v) is 9.78.